The van der Waals surface area contributed by atoms with Gasteiger partial charge in [-0.25, -0.2) is 4.79 Å². The topological polar surface area (TPSA) is 78.9 Å². The van der Waals surface area contributed by atoms with Crippen LogP contribution in [0.4, 0.5) is 0 Å². The highest BCUT2D eigenvalue weighted by Crippen LogP contribution is 2.69. The molecule has 5 fully saturated rings. The fraction of sp³-hybridized carbons (Fsp3) is 0.862. The van der Waals surface area contributed by atoms with Crippen molar-refractivity contribution in [3.05, 3.63) is 11.6 Å². The van der Waals surface area contributed by atoms with Crippen molar-refractivity contribution in [3.8, 4) is 0 Å². The maximum Gasteiger partial charge on any atom is 0.331 e. The molecule has 0 bridgehead atoms. The molecule has 6 heteroatoms. The van der Waals surface area contributed by atoms with Gasteiger partial charge in [0.2, 0.25) is 5.91 Å². The minimum Gasteiger partial charge on any atom is -0.458 e. The number of rotatable bonds is 4. The maximum atomic E-state index is 12.7. The molecule has 6 nitrogen and oxygen atoms in total. The predicted octanol–water partition coefficient (Wildman–Crippen LogP) is 3.82. The van der Waals surface area contributed by atoms with Crippen LogP contribution in [0.2, 0.25) is 0 Å². The molecule has 194 valence electrons. The van der Waals surface area contributed by atoms with Gasteiger partial charge in [0.15, 0.2) is 0 Å². The van der Waals surface area contributed by atoms with Crippen molar-refractivity contribution in [3.63, 3.8) is 0 Å². The fourth-order valence-electron chi connectivity index (χ4n) is 9.96. The summed E-state index contributed by atoms with van der Waals surface area (Å²) in [5, 5.41) is 15.7. The molecule has 6 aliphatic rings. The standard InChI is InChI=1S/C29H44N2O4/c1-27-10-7-21(30-25(32)17-31-13-3-4-14-31)16-20(27)5-6-24-23(27)8-11-28(2)22(9-12-29(24,28)34)19-15-26(33)35-18-19/h15,20-24,34H,3-14,16-18H2,1-2H3,(H,30,32)/t20-,21+,22-,23+,24-,27+,28-,29+/m1/s1. The Hall–Kier alpha value is -1.40. The molecule has 2 aliphatic heterocycles. The van der Waals surface area contributed by atoms with Crippen LogP contribution in [0.1, 0.15) is 84.5 Å². The first kappa shape index (κ1) is 24.0. The molecule has 2 heterocycles. The molecular formula is C29H44N2O4. The van der Waals surface area contributed by atoms with Gasteiger partial charge in [-0.1, -0.05) is 13.8 Å². The van der Waals surface area contributed by atoms with Crippen molar-refractivity contribution >= 4 is 11.9 Å². The Morgan fingerprint density at radius 2 is 1.89 bits per heavy atom. The molecule has 0 radical (unpaired) electrons. The van der Waals surface area contributed by atoms with Crippen molar-refractivity contribution in [2.24, 2.45) is 34.5 Å². The molecule has 0 aromatic rings. The SMILES string of the molecule is C[C@]12CC[C@H](NC(=O)CN3CCCC3)C[C@H]1CC[C@@H]1[C@@H]2CC[C@]2(C)[C@@H](C3=CC(=O)OC3)CC[C@]12O. The molecule has 4 saturated carbocycles. The van der Waals surface area contributed by atoms with Crippen LogP contribution in [-0.4, -0.2) is 59.8 Å². The molecule has 1 amide bonds. The van der Waals surface area contributed by atoms with Crippen molar-refractivity contribution in [1.29, 1.82) is 0 Å². The number of esters is 1. The summed E-state index contributed by atoms with van der Waals surface area (Å²) in [5.41, 5.74) is 0.539. The maximum absolute atomic E-state index is 12.7. The number of nitrogens with zero attached hydrogens (tertiary/aromatic N) is 1. The quantitative estimate of drug-likeness (QED) is 0.593. The second-order valence-electron chi connectivity index (χ2n) is 13.3. The summed E-state index contributed by atoms with van der Waals surface area (Å²) in [5.74, 6) is 1.76. The van der Waals surface area contributed by atoms with Crippen molar-refractivity contribution < 1.29 is 19.4 Å². The lowest BCUT2D eigenvalue weighted by Gasteiger charge is -2.64. The molecule has 4 aliphatic carbocycles. The molecule has 6 rings (SSSR count). The summed E-state index contributed by atoms with van der Waals surface area (Å²) < 4.78 is 5.26. The van der Waals surface area contributed by atoms with E-state index in [9.17, 15) is 14.7 Å². The Morgan fingerprint density at radius 1 is 1.09 bits per heavy atom. The molecule has 0 aromatic carbocycles. The van der Waals surface area contributed by atoms with Crippen LogP contribution in [0.5, 0.6) is 0 Å². The van der Waals surface area contributed by atoms with Gasteiger partial charge in [0.25, 0.3) is 0 Å². The van der Waals surface area contributed by atoms with Crippen LogP contribution in [0, 0.1) is 34.5 Å². The number of fused-ring (bicyclic) bond motifs is 5. The number of carbonyl (C=O) groups excluding carboxylic acids is 2. The second-order valence-corrected chi connectivity index (χ2v) is 13.3. The van der Waals surface area contributed by atoms with Gasteiger partial charge in [0.1, 0.15) is 6.61 Å². The normalized spacial score (nSPS) is 47.5. The number of amides is 1. The van der Waals surface area contributed by atoms with Gasteiger partial charge in [0, 0.05) is 17.5 Å². The van der Waals surface area contributed by atoms with E-state index in [1.165, 1.54) is 19.3 Å². The minimum absolute atomic E-state index is 0.169. The molecule has 8 atom stereocenters. The first-order valence-corrected chi connectivity index (χ1v) is 14.3. The minimum atomic E-state index is -0.651. The summed E-state index contributed by atoms with van der Waals surface area (Å²) in [4.78, 5) is 26.7. The third-order valence-electron chi connectivity index (χ3n) is 11.9. The largest absolute Gasteiger partial charge is 0.458 e. The molecule has 0 aromatic heterocycles. The molecule has 35 heavy (non-hydrogen) atoms. The van der Waals surface area contributed by atoms with Gasteiger partial charge in [-0.2, -0.15) is 0 Å². The van der Waals surface area contributed by atoms with E-state index in [0.29, 0.717) is 36.9 Å². The number of nitrogens with one attached hydrogen (secondary N) is 1. The van der Waals surface area contributed by atoms with Crippen LogP contribution in [0.3, 0.4) is 0 Å². The molecule has 0 unspecified atom stereocenters. The Morgan fingerprint density at radius 3 is 2.63 bits per heavy atom. The number of carbonyl (C=O) groups is 2. The molecule has 2 N–H and O–H groups in total. The van der Waals surface area contributed by atoms with E-state index in [4.69, 9.17) is 4.74 Å². The average molecular weight is 485 g/mol. The van der Waals surface area contributed by atoms with Gasteiger partial charge in [-0.05, 0) is 118 Å². The van der Waals surface area contributed by atoms with E-state index >= 15 is 0 Å². The fourth-order valence-corrected chi connectivity index (χ4v) is 9.96. The monoisotopic (exact) mass is 484 g/mol. The van der Waals surface area contributed by atoms with Crippen molar-refractivity contribution in [1.82, 2.24) is 10.2 Å². The summed E-state index contributed by atoms with van der Waals surface area (Å²) in [6, 6.07) is 0.305. The molecular weight excluding hydrogens is 440 g/mol. The van der Waals surface area contributed by atoms with E-state index in [2.05, 4.69) is 24.1 Å². The van der Waals surface area contributed by atoms with Crippen molar-refractivity contribution in [2.45, 2.75) is 96.1 Å². The zero-order valence-corrected chi connectivity index (χ0v) is 21.7. The van der Waals surface area contributed by atoms with Gasteiger partial charge in [0.05, 0.1) is 12.1 Å². The average Bonchev–Trinajstić information content (AvgIpc) is 3.54. The lowest BCUT2D eigenvalue weighted by molar-refractivity contribution is -0.205. The number of hydrogen-bond acceptors (Lipinski definition) is 5. The van der Waals surface area contributed by atoms with E-state index in [1.807, 2.05) is 0 Å². The Balaban J connectivity index is 1.14. The lowest BCUT2D eigenvalue weighted by Crippen LogP contribution is -2.62. The Labute approximate surface area is 210 Å². The summed E-state index contributed by atoms with van der Waals surface area (Å²) in [6.45, 7) is 7.89. The van der Waals surface area contributed by atoms with Crippen LogP contribution < -0.4 is 5.32 Å². The highest BCUT2D eigenvalue weighted by Gasteiger charge is 2.67. The van der Waals surface area contributed by atoms with Gasteiger partial charge < -0.3 is 15.2 Å². The van der Waals surface area contributed by atoms with E-state index in [1.54, 1.807) is 6.08 Å². The summed E-state index contributed by atoms with van der Waals surface area (Å²) in [7, 11) is 0. The number of cyclic esters (lactones) is 1. The smallest absolute Gasteiger partial charge is 0.331 e. The highest BCUT2D eigenvalue weighted by atomic mass is 16.5. The predicted molar refractivity (Wildman–Crippen MR) is 133 cm³/mol. The number of aliphatic hydroxyl groups is 1. The van der Waals surface area contributed by atoms with E-state index in [0.717, 1.165) is 70.0 Å². The Bertz CT molecular complexity index is 912. The van der Waals surface area contributed by atoms with Gasteiger partial charge >= 0.3 is 5.97 Å². The van der Waals surface area contributed by atoms with E-state index in [-0.39, 0.29) is 28.6 Å². The second kappa shape index (κ2) is 8.58. The van der Waals surface area contributed by atoms with Crippen LogP contribution in [0.25, 0.3) is 0 Å². The number of likely N-dealkylation sites (tertiary alicyclic amines) is 1. The summed E-state index contributed by atoms with van der Waals surface area (Å²) >= 11 is 0. The zero-order chi connectivity index (χ0) is 24.4. The van der Waals surface area contributed by atoms with Crippen LogP contribution in [0.15, 0.2) is 11.6 Å². The van der Waals surface area contributed by atoms with Gasteiger partial charge in [-0.15, -0.1) is 0 Å². The Kier molecular flexibility index (Phi) is 5.87. The first-order valence-electron chi connectivity index (χ1n) is 14.3. The van der Waals surface area contributed by atoms with Crippen LogP contribution in [-0.2, 0) is 14.3 Å². The van der Waals surface area contributed by atoms with Crippen LogP contribution >= 0.6 is 0 Å². The van der Waals surface area contributed by atoms with Crippen molar-refractivity contribution in [2.75, 3.05) is 26.2 Å². The van der Waals surface area contributed by atoms with E-state index < -0.39 is 5.60 Å². The van der Waals surface area contributed by atoms with Gasteiger partial charge in [-0.3, -0.25) is 9.69 Å². The number of hydrogen-bond donors (Lipinski definition) is 2. The zero-order valence-electron chi connectivity index (χ0n) is 21.7. The third kappa shape index (κ3) is 3.72. The lowest BCUT2D eigenvalue weighted by atomic mass is 9.43. The highest BCUT2D eigenvalue weighted by molar-refractivity contribution is 5.85. The third-order valence-corrected chi connectivity index (χ3v) is 11.9. The first-order chi connectivity index (χ1) is 16.7. The molecule has 0 spiro atoms. The molecule has 1 saturated heterocycles. The summed E-state index contributed by atoms with van der Waals surface area (Å²) in [6.07, 6.45) is 13.7. The number of ether oxygens (including phenoxy) is 1.